The largest absolute Gasteiger partial charge is 0.438 e. The van der Waals surface area contributed by atoms with Crippen LogP contribution in [0.5, 0.6) is 0 Å². The number of para-hydroxylation sites is 1. The first-order valence-corrected chi connectivity index (χ1v) is 7.20. The van der Waals surface area contributed by atoms with Gasteiger partial charge < -0.3 is 9.32 Å². The van der Waals surface area contributed by atoms with Gasteiger partial charge in [0.2, 0.25) is 5.88 Å². The molecule has 18 heavy (non-hydrogen) atoms. The molecule has 0 aliphatic carbocycles. The number of anilines is 1. The lowest BCUT2D eigenvalue weighted by Crippen LogP contribution is -2.07. The van der Waals surface area contributed by atoms with Crippen LogP contribution in [0.1, 0.15) is 5.76 Å². The van der Waals surface area contributed by atoms with Crippen LogP contribution in [0.2, 0.25) is 0 Å². The van der Waals surface area contributed by atoms with Crippen molar-refractivity contribution in [3.05, 3.63) is 44.1 Å². The first-order valence-electron chi connectivity index (χ1n) is 5.33. The second-order valence-corrected chi connectivity index (χ2v) is 5.92. The third-order valence-electron chi connectivity index (χ3n) is 2.28. The van der Waals surface area contributed by atoms with E-state index in [-0.39, 0.29) is 0 Å². The first kappa shape index (κ1) is 13.6. The van der Waals surface area contributed by atoms with Crippen LogP contribution in [0.25, 0.3) is 0 Å². The van der Waals surface area contributed by atoms with Crippen molar-refractivity contribution < 1.29 is 4.42 Å². The molecular formula is C13H12BrIN2O. The van der Waals surface area contributed by atoms with E-state index in [1.165, 1.54) is 0 Å². The van der Waals surface area contributed by atoms with E-state index in [0.29, 0.717) is 0 Å². The van der Waals surface area contributed by atoms with Gasteiger partial charge in [0.1, 0.15) is 5.76 Å². The van der Waals surface area contributed by atoms with E-state index in [0.717, 1.165) is 25.4 Å². The van der Waals surface area contributed by atoms with E-state index in [9.17, 15) is 0 Å². The normalized spacial score (nSPS) is 11.1. The summed E-state index contributed by atoms with van der Waals surface area (Å²) in [7, 11) is 3.87. The van der Waals surface area contributed by atoms with E-state index in [4.69, 9.17) is 4.42 Å². The zero-order valence-corrected chi connectivity index (χ0v) is 13.8. The lowest BCUT2D eigenvalue weighted by atomic mass is 10.3. The van der Waals surface area contributed by atoms with Gasteiger partial charge in [-0.05, 0) is 50.7 Å². The number of hydrogen-bond donors (Lipinski definition) is 0. The first-order chi connectivity index (χ1) is 8.58. The van der Waals surface area contributed by atoms with Gasteiger partial charge in [-0.1, -0.05) is 12.1 Å². The Labute approximate surface area is 128 Å². The standard InChI is InChI=1S/C13H12BrIN2O/c1-17(2)13-10(14)7-9(18-13)8-16-12-6-4-3-5-11(12)15/h3-8H,1-2H3. The van der Waals surface area contributed by atoms with Gasteiger partial charge in [-0.3, -0.25) is 4.99 Å². The van der Waals surface area contributed by atoms with E-state index < -0.39 is 0 Å². The zero-order valence-electron chi connectivity index (χ0n) is 10.0. The Bertz CT molecular complexity index is 578. The summed E-state index contributed by atoms with van der Waals surface area (Å²) in [5, 5.41) is 0. The molecule has 0 spiro atoms. The zero-order chi connectivity index (χ0) is 13.1. The van der Waals surface area contributed by atoms with E-state index in [2.05, 4.69) is 43.5 Å². The molecule has 2 aromatic rings. The summed E-state index contributed by atoms with van der Waals surface area (Å²) in [5.74, 6) is 1.52. The fourth-order valence-electron chi connectivity index (χ4n) is 1.43. The highest BCUT2D eigenvalue weighted by Crippen LogP contribution is 2.28. The van der Waals surface area contributed by atoms with Gasteiger partial charge in [-0.15, -0.1) is 0 Å². The molecular weight excluding hydrogens is 407 g/mol. The molecule has 0 atom stereocenters. The van der Waals surface area contributed by atoms with Gasteiger partial charge >= 0.3 is 0 Å². The quantitative estimate of drug-likeness (QED) is 0.543. The number of furan rings is 1. The number of rotatable bonds is 3. The Hall–Kier alpha value is -0.820. The summed E-state index contributed by atoms with van der Waals surface area (Å²) < 4.78 is 7.71. The van der Waals surface area contributed by atoms with Gasteiger partial charge in [0, 0.05) is 23.7 Å². The predicted molar refractivity (Wildman–Crippen MR) is 87.1 cm³/mol. The number of benzene rings is 1. The van der Waals surface area contributed by atoms with Crippen LogP contribution in [-0.4, -0.2) is 20.3 Å². The highest BCUT2D eigenvalue weighted by Gasteiger charge is 2.09. The van der Waals surface area contributed by atoms with Crippen molar-refractivity contribution in [2.75, 3.05) is 19.0 Å². The molecule has 0 saturated carbocycles. The molecule has 0 aliphatic rings. The summed E-state index contributed by atoms with van der Waals surface area (Å²) in [5.41, 5.74) is 0.942. The van der Waals surface area contributed by atoms with Crippen LogP contribution in [0.15, 0.2) is 44.2 Å². The minimum atomic E-state index is 0.727. The van der Waals surface area contributed by atoms with E-state index >= 15 is 0 Å². The SMILES string of the molecule is CN(C)c1oc(C=Nc2ccccc2I)cc1Br. The summed E-state index contributed by atoms with van der Waals surface area (Å²) in [6.07, 6.45) is 1.73. The Morgan fingerprint density at radius 2 is 2.06 bits per heavy atom. The highest BCUT2D eigenvalue weighted by atomic mass is 127. The van der Waals surface area contributed by atoms with Gasteiger partial charge in [0.15, 0.2) is 0 Å². The van der Waals surface area contributed by atoms with Crippen molar-refractivity contribution in [1.29, 1.82) is 0 Å². The van der Waals surface area contributed by atoms with Crippen molar-refractivity contribution in [1.82, 2.24) is 0 Å². The van der Waals surface area contributed by atoms with Crippen molar-refractivity contribution in [3.8, 4) is 0 Å². The molecule has 0 N–H and O–H groups in total. The fraction of sp³-hybridized carbons (Fsp3) is 0.154. The average molecular weight is 419 g/mol. The molecule has 0 unspecified atom stereocenters. The second kappa shape index (κ2) is 5.88. The number of aliphatic imine (C=N–C) groups is 1. The monoisotopic (exact) mass is 418 g/mol. The van der Waals surface area contributed by atoms with Gasteiger partial charge in [-0.25, -0.2) is 0 Å². The minimum absolute atomic E-state index is 0.727. The van der Waals surface area contributed by atoms with E-state index in [1.807, 2.05) is 49.3 Å². The van der Waals surface area contributed by atoms with Crippen LogP contribution >= 0.6 is 38.5 Å². The van der Waals surface area contributed by atoms with Crippen molar-refractivity contribution in [2.24, 2.45) is 4.99 Å². The van der Waals surface area contributed by atoms with Gasteiger partial charge in [0.25, 0.3) is 0 Å². The van der Waals surface area contributed by atoms with Crippen LogP contribution in [0.4, 0.5) is 11.6 Å². The van der Waals surface area contributed by atoms with Gasteiger partial charge in [-0.2, -0.15) is 0 Å². The summed E-state index contributed by atoms with van der Waals surface area (Å²) in [4.78, 5) is 6.33. The molecule has 1 heterocycles. The Kier molecular flexibility index (Phi) is 4.45. The average Bonchev–Trinajstić information content (AvgIpc) is 2.70. The van der Waals surface area contributed by atoms with Crippen LogP contribution in [0, 0.1) is 3.57 Å². The molecule has 0 bridgehead atoms. The van der Waals surface area contributed by atoms with Crippen LogP contribution < -0.4 is 4.90 Å². The molecule has 0 saturated heterocycles. The second-order valence-electron chi connectivity index (χ2n) is 3.91. The van der Waals surface area contributed by atoms with Crippen molar-refractivity contribution in [3.63, 3.8) is 0 Å². The molecule has 5 heteroatoms. The number of halogens is 2. The predicted octanol–water partition coefficient (Wildman–Crippen LogP) is 4.46. The maximum atomic E-state index is 5.66. The third-order valence-corrected chi connectivity index (χ3v) is 3.76. The number of hydrogen-bond acceptors (Lipinski definition) is 3. The van der Waals surface area contributed by atoms with Crippen molar-refractivity contribution >= 4 is 56.3 Å². The lowest BCUT2D eigenvalue weighted by Gasteiger charge is -2.07. The molecule has 1 aromatic carbocycles. The maximum Gasteiger partial charge on any atom is 0.210 e. The Morgan fingerprint density at radius 3 is 2.67 bits per heavy atom. The molecule has 0 amide bonds. The Morgan fingerprint density at radius 1 is 1.33 bits per heavy atom. The third kappa shape index (κ3) is 3.14. The highest BCUT2D eigenvalue weighted by molar-refractivity contribution is 14.1. The summed E-state index contributed by atoms with van der Waals surface area (Å²) in [6, 6.07) is 9.88. The minimum Gasteiger partial charge on any atom is -0.438 e. The summed E-state index contributed by atoms with van der Waals surface area (Å²) >= 11 is 5.72. The van der Waals surface area contributed by atoms with Crippen LogP contribution in [-0.2, 0) is 0 Å². The molecule has 0 radical (unpaired) electrons. The molecule has 94 valence electrons. The Balaban J connectivity index is 2.24. The smallest absolute Gasteiger partial charge is 0.210 e. The topological polar surface area (TPSA) is 28.7 Å². The number of nitrogens with zero attached hydrogens (tertiary/aromatic N) is 2. The summed E-state index contributed by atoms with van der Waals surface area (Å²) in [6.45, 7) is 0. The molecule has 3 nitrogen and oxygen atoms in total. The van der Waals surface area contributed by atoms with Crippen molar-refractivity contribution in [2.45, 2.75) is 0 Å². The molecule has 0 aliphatic heterocycles. The van der Waals surface area contributed by atoms with Gasteiger partial charge in [0.05, 0.1) is 16.4 Å². The van der Waals surface area contributed by atoms with Crippen LogP contribution in [0.3, 0.4) is 0 Å². The maximum absolute atomic E-state index is 5.66. The lowest BCUT2D eigenvalue weighted by molar-refractivity contribution is 0.557. The van der Waals surface area contributed by atoms with E-state index in [1.54, 1.807) is 6.21 Å². The molecule has 2 rings (SSSR count). The molecule has 0 fully saturated rings. The fourth-order valence-corrected chi connectivity index (χ4v) is 2.62. The molecule has 1 aromatic heterocycles.